The van der Waals surface area contributed by atoms with Gasteiger partial charge in [-0.25, -0.2) is 4.98 Å². The lowest BCUT2D eigenvalue weighted by Gasteiger charge is -2.02. The predicted molar refractivity (Wildman–Crippen MR) is 105 cm³/mol. The molecule has 0 atom stereocenters. The van der Waals surface area contributed by atoms with Crippen molar-refractivity contribution in [3.63, 3.8) is 0 Å². The number of pyridine rings is 1. The molecule has 4 heteroatoms. The van der Waals surface area contributed by atoms with E-state index in [9.17, 15) is 0 Å². The van der Waals surface area contributed by atoms with E-state index in [1.54, 1.807) is 0 Å². The van der Waals surface area contributed by atoms with E-state index in [0.717, 1.165) is 39.5 Å². The first-order valence-electron chi connectivity index (χ1n) is 8.65. The smallest absolute Gasteiger partial charge is 0.187 e. The molecule has 26 heavy (non-hydrogen) atoms. The summed E-state index contributed by atoms with van der Waals surface area (Å²) in [6, 6.07) is 20.4. The van der Waals surface area contributed by atoms with Crippen molar-refractivity contribution in [1.29, 1.82) is 0 Å². The van der Waals surface area contributed by atoms with Crippen LogP contribution < -0.4 is 0 Å². The largest absolute Gasteiger partial charge is 0.282 e. The van der Waals surface area contributed by atoms with Gasteiger partial charge < -0.3 is 0 Å². The van der Waals surface area contributed by atoms with E-state index in [1.165, 1.54) is 5.56 Å². The van der Waals surface area contributed by atoms with Crippen molar-refractivity contribution in [2.24, 2.45) is 10.2 Å². The molecule has 0 fully saturated rings. The predicted octanol–water partition coefficient (Wildman–Crippen LogP) is 6.34. The molecular weight excluding hydrogens is 320 g/mol. The monoisotopic (exact) mass is 340 g/mol. The highest BCUT2D eigenvalue weighted by atomic mass is 15.2. The maximum atomic E-state index is 4.79. The maximum Gasteiger partial charge on any atom is 0.187 e. The van der Waals surface area contributed by atoms with Gasteiger partial charge in [-0.1, -0.05) is 48.5 Å². The number of hydrogen-bond acceptors (Lipinski definition) is 3. The topological polar surface area (TPSA) is 42.0 Å². The number of hydrogen-bond donors (Lipinski definition) is 0. The zero-order valence-electron chi connectivity index (χ0n) is 15.1. The molecule has 2 aromatic carbocycles. The first kappa shape index (κ1) is 16.2. The third-order valence-corrected chi connectivity index (χ3v) is 4.41. The van der Waals surface area contributed by atoms with Gasteiger partial charge in [-0.2, -0.15) is 0 Å². The van der Waals surface area contributed by atoms with Crippen LogP contribution in [0.1, 0.15) is 16.7 Å². The summed E-state index contributed by atoms with van der Waals surface area (Å²) in [7, 11) is 0. The third-order valence-electron chi connectivity index (χ3n) is 4.41. The minimum Gasteiger partial charge on any atom is -0.282 e. The normalized spacial score (nSPS) is 11.5. The Hall–Kier alpha value is -3.27. The summed E-state index contributed by atoms with van der Waals surface area (Å²) in [6.45, 7) is 6.17. The van der Waals surface area contributed by atoms with Crippen LogP contribution in [-0.4, -0.2) is 9.38 Å². The fourth-order valence-electron chi connectivity index (χ4n) is 2.95. The van der Waals surface area contributed by atoms with Gasteiger partial charge in [0.2, 0.25) is 0 Å². The molecule has 4 aromatic rings. The zero-order valence-corrected chi connectivity index (χ0v) is 15.1. The number of imidazole rings is 1. The summed E-state index contributed by atoms with van der Waals surface area (Å²) in [6.07, 6.45) is 2.05. The van der Waals surface area contributed by atoms with E-state index in [2.05, 4.69) is 48.3 Å². The minimum atomic E-state index is 0.746. The molecule has 4 rings (SSSR count). The van der Waals surface area contributed by atoms with Crippen molar-refractivity contribution in [3.05, 3.63) is 83.6 Å². The van der Waals surface area contributed by atoms with Gasteiger partial charge in [0.1, 0.15) is 11.3 Å². The Balaban J connectivity index is 1.91. The molecule has 0 unspecified atom stereocenters. The number of aryl methyl sites for hydroxylation is 3. The van der Waals surface area contributed by atoms with Crippen LogP contribution in [-0.2, 0) is 0 Å². The Morgan fingerprint density at radius 2 is 1.58 bits per heavy atom. The minimum absolute atomic E-state index is 0.746. The Morgan fingerprint density at radius 1 is 0.808 bits per heavy atom. The van der Waals surface area contributed by atoms with Crippen molar-refractivity contribution in [1.82, 2.24) is 9.38 Å². The van der Waals surface area contributed by atoms with Crippen LogP contribution in [0.5, 0.6) is 0 Å². The Morgan fingerprint density at radius 3 is 2.38 bits per heavy atom. The molecule has 0 aliphatic heterocycles. The first-order valence-corrected chi connectivity index (χ1v) is 8.65. The molecule has 0 aliphatic carbocycles. The Labute approximate surface area is 152 Å². The van der Waals surface area contributed by atoms with Crippen molar-refractivity contribution in [2.45, 2.75) is 20.8 Å². The highest BCUT2D eigenvalue weighted by Crippen LogP contribution is 2.33. The summed E-state index contributed by atoms with van der Waals surface area (Å²) in [5, 5.41) is 9.15. The summed E-state index contributed by atoms with van der Waals surface area (Å²) in [5.41, 5.74) is 7.04. The summed E-state index contributed by atoms with van der Waals surface area (Å²) < 4.78 is 2.01. The average molecular weight is 340 g/mol. The standard InChI is InChI=1S/C22H20N4/c1-15-9-11-17(3)19(13-15)24-25-22-21(18-7-5-4-6-8-18)23-20-12-10-16(2)14-26(20)22/h4-14H,1-3H3. The van der Waals surface area contributed by atoms with Crippen molar-refractivity contribution >= 4 is 17.2 Å². The van der Waals surface area contributed by atoms with Gasteiger partial charge in [0.15, 0.2) is 5.82 Å². The Kier molecular flexibility index (Phi) is 4.09. The van der Waals surface area contributed by atoms with Gasteiger partial charge in [-0.15, -0.1) is 10.2 Å². The van der Waals surface area contributed by atoms with Gasteiger partial charge in [-0.05, 0) is 49.6 Å². The quantitative estimate of drug-likeness (QED) is 0.401. The van der Waals surface area contributed by atoms with Gasteiger partial charge in [-0.3, -0.25) is 4.40 Å². The number of fused-ring (bicyclic) bond motifs is 1. The van der Waals surface area contributed by atoms with Crippen molar-refractivity contribution in [3.8, 4) is 11.3 Å². The lowest BCUT2D eigenvalue weighted by molar-refractivity contribution is 1.09. The maximum absolute atomic E-state index is 4.79. The summed E-state index contributed by atoms with van der Waals surface area (Å²) >= 11 is 0. The molecule has 2 aromatic heterocycles. The molecule has 0 N–H and O–H groups in total. The van der Waals surface area contributed by atoms with Gasteiger partial charge in [0, 0.05) is 11.8 Å². The van der Waals surface area contributed by atoms with E-state index in [0.29, 0.717) is 0 Å². The van der Waals surface area contributed by atoms with Gasteiger partial charge >= 0.3 is 0 Å². The molecule has 128 valence electrons. The third kappa shape index (κ3) is 3.02. The second-order valence-electron chi connectivity index (χ2n) is 6.57. The molecular formula is C22H20N4. The molecule has 0 saturated heterocycles. The van der Waals surface area contributed by atoms with E-state index in [-0.39, 0.29) is 0 Å². The molecule has 2 heterocycles. The molecule has 0 radical (unpaired) electrons. The molecule has 0 bridgehead atoms. The van der Waals surface area contributed by atoms with Crippen molar-refractivity contribution < 1.29 is 0 Å². The van der Waals surface area contributed by atoms with Crippen LogP contribution in [0, 0.1) is 20.8 Å². The lowest BCUT2D eigenvalue weighted by atomic mass is 10.1. The van der Waals surface area contributed by atoms with E-state index in [4.69, 9.17) is 4.98 Å². The summed E-state index contributed by atoms with van der Waals surface area (Å²) in [4.78, 5) is 4.79. The van der Waals surface area contributed by atoms with E-state index >= 15 is 0 Å². The first-order chi connectivity index (χ1) is 12.6. The fourth-order valence-corrected chi connectivity index (χ4v) is 2.95. The average Bonchev–Trinajstić information content (AvgIpc) is 3.01. The molecule has 4 nitrogen and oxygen atoms in total. The second kappa shape index (κ2) is 6.56. The highest BCUT2D eigenvalue weighted by Gasteiger charge is 2.14. The number of aromatic nitrogens is 2. The van der Waals surface area contributed by atoms with Crippen LogP contribution in [0.15, 0.2) is 77.1 Å². The van der Waals surface area contributed by atoms with Crippen LogP contribution in [0.3, 0.4) is 0 Å². The molecule has 0 aliphatic rings. The van der Waals surface area contributed by atoms with Gasteiger partial charge in [0.25, 0.3) is 0 Å². The van der Waals surface area contributed by atoms with E-state index < -0.39 is 0 Å². The SMILES string of the molecule is Cc1ccc(C)c(N=Nc2c(-c3ccccc3)nc3ccc(C)cn23)c1. The lowest BCUT2D eigenvalue weighted by Crippen LogP contribution is -1.85. The molecule has 0 spiro atoms. The van der Waals surface area contributed by atoms with Crippen LogP contribution in [0.25, 0.3) is 16.9 Å². The molecule has 0 amide bonds. The highest BCUT2D eigenvalue weighted by molar-refractivity contribution is 5.74. The summed E-state index contributed by atoms with van der Waals surface area (Å²) in [5.74, 6) is 0.746. The number of rotatable bonds is 3. The van der Waals surface area contributed by atoms with Crippen LogP contribution in [0.2, 0.25) is 0 Å². The number of nitrogens with zero attached hydrogens (tertiary/aromatic N) is 4. The Bertz CT molecular complexity index is 1110. The zero-order chi connectivity index (χ0) is 18.1. The van der Waals surface area contributed by atoms with Gasteiger partial charge in [0.05, 0.1) is 5.69 Å². The number of benzene rings is 2. The second-order valence-corrected chi connectivity index (χ2v) is 6.57. The molecule has 0 saturated carbocycles. The van der Waals surface area contributed by atoms with E-state index in [1.807, 2.05) is 53.9 Å². The van der Waals surface area contributed by atoms with Crippen LogP contribution in [0.4, 0.5) is 11.5 Å². The fraction of sp³-hybridized carbons (Fsp3) is 0.136. The van der Waals surface area contributed by atoms with Crippen LogP contribution >= 0.6 is 0 Å². The van der Waals surface area contributed by atoms with Crippen molar-refractivity contribution in [2.75, 3.05) is 0 Å². The number of azo groups is 1.